The van der Waals surface area contributed by atoms with Gasteiger partial charge in [0.25, 0.3) is 11.7 Å². The van der Waals surface area contributed by atoms with Crippen LogP contribution in [0.15, 0.2) is 53.4 Å². The van der Waals surface area contributed by atoms with E-state index in [0.29, 0.717) is 27.9 Å². The number of nitrogens with one attached hydrogen (secondary N) is 1. The lowest BCUT2D eigenvalue weighted by Gasteiger charge is -2.10. The third-order valence-electron chi connectivity index (χ3n) is 2.98. The molecule has 0 aliphatic heterocycles. The molecular formula is C16H15F2NOS. The lowest BCUT2D eigenvalue weighted by molar-refractivity contribution is 0.102. The summed E-state index contributed by atoms with van der Waals surface area (Å²) in [7, 11) is 0. The van der Waals surface area contributed by atoms with E-state index in [4.69, 9.17) is 0 Å². The summed E-state index contributed by atoms with van der Waals surface area (Å²) in [6, 6.07) is 13.8. The van der Waals surface area contributed by atoms with Gasteiger partial charge in [0.15, 0.2) is 0 Å². The lowest BCUT2D eigenvalue weighted by Crippen LogP contribution is -2.12. The minimum Gasteiger partial charge on any atom is -0.321 e. The quantitative estimate of drug-likeness (QED) is 0.803. The van der Waals surface area contributed by atoms with E-state index >= 15 is 0 Å². The maximum atomic E-state index is 12.5. The molecule has 2 rings (SSSR count). The summed E-state index contributed by atoms with van der Waals surface area (Å²) < 4.78 is 25.0. The topological polar surface area (TPSA) is 29.1 Å². The Balaban J connectivity index is 2.15. The van der Waals surface area contributed by atoms with Crippen LogP contribution in [-0.4, -0.2) is 11.7 Å². The van der Waals surface area contributed by atoms with Gasteiger partial charge in [0, 0.05) is 10.5 Å². The van der Waals surface area contributed by atoms with Gasteiger partial charge >= 0.3 is 0 Å². The molecule has 5 heteroatoms. The Bertz CT molecular complexity index is 614. The van der Waals surface area contributed by atoms with Crippen molar-refractivity contribution in [2.45, 2.75) is 24.0 Å². The van der Waals surface area contributed by atoms with Gasteiger partial charge in [-0.2, -0.15) is 8.78 Å². The number of alkyl halides is 2. The largest absolute Gasteiger partial charge is 0.321 e. The monoisotopic (exact) mass is 307 g/mol. The second-order valence-electron chi connectivity index (χ2n) is 4.38. The molecule has 110 valence electrons. The van der Waals surface area contributed by atoms with Crippen molar-refractivity contribution in [3.05, 3.63) is 59.7 Å². The van der Waals surface area contributed by atoms with E-state index in [2.05, 4.69) is 5.32 Å². The first-order chi connectivity index (χ1) is 10.1. The summed E-state index contributed by atoms with van der Waals surface area (Å²) >= 11 is 0.420. The fraction of sp³-hybridized carbons (Fsp3) is 0.188. The van der Waals surface area contributed by atoms with Crippen molar-refractivity contribution in [1.82, 2.24) is 0 Å². The normalized spacial score (nSPS) is 10.7. The average Bonchev–Trinajstić information content (AvgIpc) is 2.49. The van der Waals surface area contributed by atoms with E-state index in [9.17, 15) is 13.6 Å². The fourth-order valence-electron chi connectivity index (χ4n) is 1.85. The van der Waals surface area contributed by atoms with Gasteiger partial charge in [-0.1, -0.05) is 43.0 Å². The molecule has 0 unspecified atom stereocenters. The van der Waals surface area contributed by atoms with Crippen LogP contribution in [0.3, 0.4) is 0 Å². The van der Waals surface area contributed by atoms with Gasteiger partial charge in [0.05, 0.1) is 5.69 Å². The third kappa shape index (κ3) is 4.29. The molecule has 2 aromatic rings. The van der Waals surface area contributed by atoms with E-state index in [1.165, 1.54) is 0 Å². The predicted octanol–water partition coefficient (Wildman–Crippen LogP) is 4.82. The van der Waals surface area contributed by atoms with Crippen LogP contribution in [0.2, 0.25) is 0 Å². The van der Waals surface area contributed by atoms with Gasteiger partial charge in [-0.3, -0.25) is 4.79 Å². The Labute approximate surface area is 126 Å². The van der Waals surface area contributed by atoms with Crippen LogP contribution in [0.1, 0.15) is 22.8 Å². The number of anilines is 1. The second-order valence-corrected chi connectivity index (χ2v) is 5.41. The smallest absolute Gasteiger partial charge is 0.288 e. The van der Waals surface area contributed by atoms with E-state index in [1.54, 1.807) is 36.4 Å². The van der Waals surface area contributed by atoms with Crippen molar-refractivity contribution in [3.63, 3.8) is 0 Å². The highest BCUT2D eigenvalue weighted by Crippen LogP contribution is 2.31. The number of aryl methyl sites for hydroxylation is 1. The van der Waals surface area contributed by atoms with Crippen LogP contribution in [-0.2, 0) is 6.42 Å². The SMILES string of the molecule is CCc1ccc(C(=O)Nc2ccccc2SC(F)F)cc1. The number of amides is 1. The van der Waals surface area contributed by atoms with Crippen molar-refractivity contribution in [2.24, 2.45) is 0 Å². The highest BCUT2D eigenvalue weighted by Gasteiger charge is 2.12. The van der Waals surface area contributed by atoms with Gasteiger partial charge in [-0.15, -0.1) is 0 Å². The van der Waals surface area contributed by atoms with Crippen molar-refractivity contribution in [1.29, 1.82) is 0 Å². The van der Waals surface area contributed by atoms with Crippen LogP contribution < -0.4 is 5.32 Å². The summed E-state index contributed by atoms with van der Waals surface area (Å²) in [4.78, 5) is 12.5. The molecule has 0 aliphatic rings. The molecule has 0 saturated heterocycles. The molecule has 2 aromatic carbocycles. The Morgan fingerprint density at radius 2 is 1.81 bits per heavy atom. The molecule has 0 aliphatic carbocycles. The van der Waals surface area contributed by atoms with E-state index in [0.717, 1.165) is 12.0 Å². The number of carbonyl (C=O) groups excluding carboxylic acids is 1. The maximum Gasteiger partial charge on any atom is 0.288 e. The van der Waals surface area contributed by atoms with Gasteiger partial charge in [0.1, 0.15) is 0 Å². The number of carbonyl (C=O) groups is 1. The van der Waals surface area contributed by atoms with Crippen LogP contribution >= 0.6 is 11.8 Å². The summed E-state index contributed by atoms with van der Waals surface area (Å²) in [6.07, 6.45) is 0.899. The molecule has 0 heterocycles. The lowest BCUT2D eigenvalue weighted by atomic mass is 10.1. The second kappa shape index (κ2) is 7.22. The molecule has 0 saturated carbocycles. The molecule has 0 aromatic heterocycles. The predicted molar refractivity (Wildman–Crippen MR) is 82.1 cm³/mol. The van der Waals surface area contributed by atoms with Crippen molar-refractivity contribution < 1.29 is 13.6 Å². The van der Waals surface area contributed by atoms with E-state index < -0.39 is 5.76 Å². The number of thioether (sulfide) groups is 1. The molecule has 1 amide bonds. The molecule has 0 spiro atoms. The van der Waals surface area contributed by atoms with Gasteiger partial charge in [-0.25, -0.2) is 0 Å². The minimum absolute atomic E-state index is 0.306. The fourth-order valence-corrected chi connectivity index (χ4v) is 2.45. The number of halogens is 2. The number of para-hydroxylation sites is 1. The van der Waals surface area contributed by atoms with Crippen molar-refractivity contribution in [3.8, 4) is 0 Å². The molecule has 0 fully saturated rings. The Hall–Kier alpha value is -1.88. The van der Waals surface area contributed by atoms with E-state index in [1.807, 2.05) is 19.1 Å². The molecule has 0 atom stereocenters. The zero-order valence-corrected chi connectivity index (χ0v) is 12.3. The number of hydrogen-bond acceptors (Lipinski definition) is 2. The highest BCUT2D eigenvalue weighted by molar-refractivity contribution is 7.99. The van der Waals surface area contributed by atoms with Crippen LogP contribution in [0.5, 0.6) is 0 Å². The number of benzene rings is 2. The van der Waals surface area contributed by atoms with Crippen LogP contribution in [0.25, 0.3) is 0 Å². The first kappa shape index (κ1) is 15.5. The Kier molecular flexibility index (Phi) is 5.33. The first-order valence-corrected chi connectivity index (χ1v) is 7.42. The Morgan fingerprint density at radius 1 is 1.14 bits per heavy atom. The van der Waals surface area contributed by atoms with Gasteiger partial charge < -0.3 is 5.32 Å². The third-order valence-corrected chi connectivity index (χ3v) is 3.76. The van der Waals surface area contributed by atoms with Crippen molar-refractivity contribution >= 4 is 23.4 Å². The number of hydrogen-bond donors (Lipinski definition) is 1. The summed E-state index contributed by atoms with van der Waals surface area (Å²) in [5, 5.41) is 2.68. The first-order valence-electron chi connectivity index (χ1n) is 6.54. The Morgan fingerprint density at radius 3 is 2.43 bits per heavy atom. The minimum atomic E-state index is -2.52. The van der Waals surface area contributed by atoms with Crippen molar-refractivity contribution in [2.75, 3.05) is 5.32 Å². The maximum absolute atomic E-state index is 12.5. The van der Waals surface area contributed by atoms with Crippen LogP contribution in [0, 0.1) is 0 Å². The summed E-state index contributed by atoms with van der Waals surface area (Å²) in [6.45, 7) is 2.03. The zero-order valence-electron chi connectivity index (χ0n) is 11.5. The van der Waals surface area contributed by atoms with Gasteiger partial charge in [0.2, 0.25) is 0 Å². The van der Waals surface area contributed by atoms with E-state index in [-0.39, 0.29) is 5.91 Å². The molecule has 2 nitrogen and oxygen atoms in total. The number of rotatable bonds is 5. The average molecular weight is 307 g/mol. The molecule has 0 radical (unpaired) electrons. The molecule has 0 bridgehead atoms. The molecular weight excluding hydrogens is 292 g/mol. The highest BCUT2D eigenvalue weighted by atomic mass is 32.2. The zero-order chi connectivity index (χ0) is 15.2. The molecule has 21 heavy (non-hydrogen) atoms. The molecule has 1 N–H and O–H groups in total. The standard InChI is InChI=1S/C16H15F2NOS/c1-2-11-7-9-12(10-8-11)15(20)19-13-5-3-4-6-14(13)21-16(17)18/h3-10,16H,2H2,1H3,(H,19,20). The summed E-state index contributed by atoms with van der Waals surface area (Å²) in [5.74, 6) is -2.83. The van der Waals surface area contributed by atoms with Gasteiger partial charge in [-0.05, 0) is 36.2 Å². The summed E-state index contributed by atoms with van der Waals surface area (Å²) in [5.41, 5.74) is 2.04. The van der Waals surface area contributed by atoms with Crippen LogP contribution in [0.4, 0.5) is 14.5 Å².